The fourth-order valence-corrected chi connectivity index (χ4v) is 3.24. The lowest BCUT2D eigenvalue weighted by Crippen LogP contribution is -2.29. The van der Waals surface area contributed by atoms with Crippen LogP contribution in [0, 0.1) is 0 Å². The lowest BCUT2D eigenvalue weighted by Gasteiger charge is -2.28. The highest BCUT2D eigenvalue weighted by Crippen LogP contribution is 2.23. The highest BCUT2D eigenvalue weighted by molar-refractivity contribution is 5.91. The molecular weight excluding hydrogens is 354 g/mol. The second kappa shape index (κ2) is 8.56. The van der Waals surface area contributed by atoms with Crippen molar-refractivity contribution in [1.29, 1.82) is 0 Å². The largest absolute Gasteiger partial charge is 0.467 e. The number of aromatic nitrogens is 2. The third-order valence-corrected chi connectivity index (χ3v) is 4.75. The molecular formula is C21H23N5O2. The lowest BCUT2D eigenvalue weighted by molar-refractivity contribution is 0.0942. The van der Waals surface area contributed by atoms with Gasteiger partial charge in [-0.3, -0.25) is 4.79 Å². The first-order valence-corrected chi connectivity index (χ1v) is 9.52. The average Bonchev–Trinajstić information content (AvgIpc) is 3.27. The van der Waals surface area contributed by atoms with Crippen molar-refractivity contribution in [2.24, 2.45) is 0 Å². The molecule has 7 nitrogen and oxygen atoms in total. The Hall–Kier alpha value is -3.35. The van der Waals surface area contributed by atoms with Crippen molar-refractivity contribution in [1.82, 2.24) is 15.3 Å². The van der Waals surface area contributed by atoms with Crippen LogP contribution in [0.1, 0.15) is 35.5 Å². The Kier molecular flexibility index (Phi) is 5.51. The summed E-state index contributed by atoms with van der Waals surface area (Å²) in [7, 11) is 0. The number of amides is 1. The van der Waals surface area contributed by atoms with Crippen molar-refractivity contribution in [2.75, 3.05) is 23.3 Å². The number of nitrogens with one attached hydrogen (secondary N) is 2. The molecule has 2 N–H and O–H groups in total. The van der Waals surface area contributed by atoms with Gasteiger partial charge >= 0.3 is 0 Å². The quantitative estimate of drug-likeness (QED) is 0.681. The van der Waals surface area contributed by atoms with Crippen LogP contribution in [0.3, 0.4) is 0 Å². The number of benzene rings is 1. The third kappa shape index (κ3) is 4.49. The molecule has 1 amide bonds. The maximum absolute atomic E-state index is 12.1. The van der Waals surface area contributed by atoms with Gasteiger partial charge in [-0.05, 0) is 55.7 Å². The average molecular weight is 377 g/mol. The van der Waals surface area contributed by atoms with Gasteiger partial charge in [0.05, 0.1) is 25.2 Å². The molecule has 3 aromatic rings. The van der Waals surface area contributed by atoms with Crippen LogP contribution in [-0.2, 0) is 6.54 Å². The maximum Gasteiger partial charge on any atom is 0.271 e. The molecule has 1 aromatic carbocycles. The summed E-state index contributed by atoms with van der Waals surface area (Å²) in [6.07, 6.45) is 8.43. The van der Waals surface area contributed by atoms with E-state index in [-0.39, 0.29) is 11.6 Å². The molecule has 0 unspecified atom stereocenters. The van der Waals surface area contributed by atoms with Gasteiger partial charge in [0.25, 0.3) is 5.91 Å². The molecule has 0 saturated carbocycles. The maximum atomic E-state index is 12.1. The topological polar surface area (TPSA) is 83.3 Å². The minimum absolute atomic E-state index is 0.262. The molecule has 28 heavy (non-hydrogen) atoms. The zero-order valence-electron chi connectivity index (χ0n) is 15.6. The zero-order chi connectivity index (χ0) is 19.2. The monoisotopic (exact) mass is 377 g/mol. The highest BCUT2D eigenvalue weighted by Gasteiger charge is 2.11. The Morgan fingerprint density at radius 1 is 1.04 bits per heavy atom. The van der Waals surface area contributed by atoms with Crippen molar-refractivity contribution in [2.45, 2.75) is 25.8 Å². The molecule has 1 aliphatic rings. The van der Waals surface area contributed by atoms with Gasteiger partial charge < -0.3 is 20.0 Å². The van der Waals surface area contributed by atoms with Crippen molar-refractivity contribution in [3.05, 3.63) is 66.5 Å². The van der Waals surface area contributed by atoms with Crippen LogP contribution in [0.2, 0.25) is 0 Å². The fourth-order valence-electron chi connectivity index (χ4n) is 3.24. The Labute approximate surface area is 163 Å². The van der Waals surface area contributed by atoms with Crippen LogP contribution in [0.15, 0.2) is 59.5 Å². The van der Waals surface area contributed by atoms with Crippen LogP contribution in [-0.4, -0.2) is 29.0 Å². The third-order valence-electron chi connectivity index (χ3n) is 4.75. The van der Waals surface area contributed by atoms with E-state index in [0.717, 1.165) is 18.8 Å². The van der Waals surface area contributed by atoms with Gasteiger partial charge in [0, 0.05) is 24.5 Å². The molecule has 0 radical (unpaired) electrons. The summed E-state index contributed by atoms with van der Waals surface area (Å²) >= 11 is 0. The zero-order valence-corrected chi connectivity index (χ0v) is 15.6. The minimum Gasteiger partial charge on any atom is -0.467 e. The van der Waals surface area contributed by atoms with Gasteiger partial charge in [-0.1, -0.05) is 0 Å². The van der Waals surface area contributed by atoms with E-state index in [1.54, 1.807) is 24.6 Å². The normalized spacial score (nSPS) is 13.9. The first kappa shape index (κ1) is 18.0. The van der Waals surface area contributed by atoms with Crippen LogP contribution in [0.4, 0.5) is 17.2 Å². The van der Waals surface area contributed by atoms with E-state index >= 15 is 0 Å². The standard InChI is InChI=1S/C21H23N5O2/c27-21(24-13-18-5-4-12-28-18)19-14-23-20(15-22-19)25-16-6-8-17(9-7-16)26-10-2-1-3-11-26/h4-9,12,14-15H,1-3,10-11,13H2,(H,23,25)(H,24,27). The highest BCUT2D eigenvalue weighted by atomic mass is 16.3. The van der Waals surface area contributed by atoms with Gasteiger partial charge in [-0.2, -0.15) is 0 Å². The predicted octanol–water partition coefficient (Wildman–Crippen LogP) is 3.73. The molecule has 1 fully saturated rings. The van der Waals surface area contributed by atoms with E-state index in [4.69, 9.17) is 4.42 Å². The number of hydrogen-bond donors (Lipinski definition) is 2. The van der Waals surface area contributed by atoms with Crippen molar-refractivity contribution in [3.8, 4) is 0 Å². The summed E-state index contributed by atoms with van der Waals surface area (Å²) in [6, 6.07) is 11.9. The molecule has 1 saturated heterocycles. The SMILES string of the molecule is O=C(NCc1ccco1)c1cnc(Nc2ccc(N3CCCCC3)cc2)cn1. The molecule has 7 heteroatoms. The summed E-state index contributed by atoms with van der Waals surface area (Å²) in [4.78, 5) is 23.0. The molecule has 4 rings (SSSR count). The number of hydrogen-bond acceptors (Lipinski definition) is 6. The number of carbonyl (C=O) groups excluding carboxylic acids is 1. The Bertz CT molecular complexity index is 886. The Morgan fingerprint density at radius 2 is 1.86 bits per heavy atom. The summed E-state index contributed by atoms with van der Waals surface area (Å²) in [5.41, 5.74) is 2.45. The molecule has 2 aromatic heterocycles. The minimum atomic E-state index is -0.290. The van der Waals surface area contributed by atoms with Crippen molar-refractivity contribution >= 4 is 23.1 Å². The van der Waals surface area contributed by atoms with E-state index in [2.05, 4.69) is 37.6 Å². The number of furan rings is 1. The molecule has 3 heterocycles. The lowest BCUT2D eigenvalue weighted by atomic mass is 10.1. The second-order valence-electron chi connectivity index (χ2n) is 6.77. The van der Waals surface area contributed by atoms with Crippen LogP contribution in [0.25, 0.3) is 0 Å². The van der Waals surface area contributed by atoms with Crippen molar-refractivity contribution < 1.29 is 9.21 Å². The number of nitrogens with zero attached hydrogens (tertiary/aromatic N) is 3. The first-order chi connectivity index (χ1) is 13.8. The Balaban J connectivity index is 1.33. The van der Waals surface area contributed by atoms with Crippen LogP contribution >= 0.6 is 0 Å². The fraction of sp³-hybridized carbons (Fsp3) is 0.286. The summed E-state index contributed by atoms with van der Waals surface area (Å²) < 4.78 is 5.19. The van der Waals surface area contributed by atoms with E-state index in [0.29, 0.717) is 18.1 Å². The number of piperidine rings is 1. The molecule has 0 spiro atoms. The van der Waals surface area contributed by atoms with E-state index < -0.39 is 0 Å². The molecule has 0 bridgehead atoms. The van der Waals surface area contributed by atoms with Crippen molar-refractivity contribution in [3.63, 3.8) is 0 Å². The van der Waals surface area contributed by atoms with Gasteiger partial charge in [0.1, 0.15) is 17.3 Å². The smallest absolute Gasteiger partial charge is 0.271 e. The summed E-state index contributed by atoms with van der Waals surface area (Å²) in [6.45, 7) is 2.57. The Morgan fingerprint density at radius 3 is 2.54 bits per heavy atom. The number of rotatable bonds is 6. The molecule has 144 valence electrons. The summed E-state index contributed by atoms with van der Waals surface area (Å²) in [5.74, 6) is 0.988. The predicted molar refractivity (Wildman–Crippen MR) is 108 cm³/mol. The summed E-state index contributed by atoms with van der Waals surface area (Å²) in [5, 5.41) is 5.96. The van der Waals surface area contributed by atoms with E-state index in [9.17, 15) is 4.79 Å². The number of carbonyl (C=O) groups is 1. The van der Waals surface area contributed by atoms with Gasteiger partial charge in [0.15, 0.2) is 0 Å². The molecule has 0 aliphatic carbocycles. The number of anilines is 3. The van der Waals surface area contributed by atoms with Gasteiger partial charge in [0.2, 0.25) is 0 Å². The van der Waals surface area contributed by atoms with Gasteiger partial charge in [-0.25, -0.2) is 9.97 Å². The van der Waals surface area contributed by atoms with E-state index in [1.807, 2.05) is 12.1 Å². The first-order valence-electron chi connectivity index (χ1n) is 9.52. The van der Waals surface area contributed by atoms with Crippen LogP contribution < -0.4 is 15.5 Å². The van der Waals surface area contributed by atoms with Gasteiger partial charge in [-0.15, -0.1) is 0 Å². The van der Waals surface area contributed by atoms with E-state index in [1.165, 1.54) is 31.1 Å². The second-order valence-corrected chi connectivity index (χ2v) is 6.77. The van der Waals surface area contributed by atoms with Crippen LogP contribution in [0.5, 0.6) is 0 Å². The molecule has 1 aliphatic heterocycles. The molecule has 0 atom stereocenters.